The second kappa shape index (κ2) is 15.4. The molecule has 0 fully saturated rings. The number of carbonyl (C=O) groups excluding carboxylic acids is 1. The molecule has 11 heteroatoms. The summed E-state index contributed by atoms with van der Waals surface area (Å²) < 4.78 is 11.4. The lowest BCUT2D eigenvalue weighted by Gasteiger charge is -2.19. The second-order valence-electron chi connectivity index (χ2n) is 7.11. The van der Waals surface area contributed by atoms with E-state index in [1.54, 1.807) is 19.1 Å². The van der Waals surface area contributed by atoms with Gasteiger partial charge in [0.15, 0.2) is 28.6 Å². The highest BCUT2D eigenvalue weighted by Crippen LogP contribution is 2.28. The van der Waals surface area contributed by atoms with Crippen LogP contribution in [-0.4, -0.2) is 80.9 Å². The number of Topliss-reactive ketones (excluding diaryl/α,β-unsaturated/α-hetero) is 1. The van der Waals surface area contributed by atoms with Gasteiger partial charge in [-0.3, -0.25) is 14.4 Å². The smallest absolute Gasteiger partial charge is 0.336 e. The standard InChI is InChI=1S/C17H25NO3.C6H8O7/c1-5-15(14(4)19)21-17-11-9-8-10-16(17)20-13-12-18(6-2)7-3;7-3(8)1-6(13,5(11)12)2-4(9)10/h5,8-11H,6-7,12-13H2,1-4H3;13H,1-2H2,(H,7,8)(H,9,10)(H,11,12)/b15-5-;. The SMILES string of the molecule is C/C=C(\Oc1ccccc1OCCN(CC)CC)C(C)=O.O=C(O)CC(O)(CC(=O)O)C(=O)O. The van der Waals surface area contributed by atoms with Crippen molar-refractivity contribution < 1.29 is 49.1 Å². The molecule has 0 amide bonds. The number of ketones is 1. The van der Waals surface area contributed by atoms with Crippen LogP contribution in [0.25, 0.3) is 0 Å². The quantitative estimate of drug-likeness (QED) is 0.225. The number of nitrogens with zero attached hydrogens (tertiary/aromatic N) is 1. The van der Waals surface area contributed by atoms with Crippen molar-refractivity contribution >= 4 is 23.7 Å². The van der Waals surface area contributed by atoms with Crippen LogP contribution < -0.4 is 9.47 Å². The van der Waals surface area contributed by atoms with Gasteiger partial charge in [-0.1, -0.05) is 26.0 Å². The number of aliphatic carboxylic acids is 3. The van der Waals surface area contributed by atoms with Crippen molar-refractivity contribution in [1.29, 1.82) is 0 Å². The lowest BCUT2D eigenvalue weighted by atomic mass is 9.96. The normalized spacial score (nSPS) is 11.3. The fraction of sp³-hybridized carbons (Fsp3) is 0.478. The van der Waals surface area contributed by atoms with Gasteiger partial charge in [0.05, 0.1) is 12.8 Å². The molecule has 0 aliphatic heterocycles. The maximum Gasteiger partial charge on any atom is 0.336 e. The zero-order valence-corrected chi connectivity index (χ0v) is 19.8. The van der Waals surface area contributed by atoms with E-state index in [9.17, 15) is 19.2 Å². The molecule has 1 aromatic carbocycles. The van der Waals surface area contributed by atoms with E-state index in [1.807, 2.05) is 18.2 Å². The predicted octanol–water partition coefficient (Wildman–Crippen LogP) is 2.03. The molecular weight excluding hydrogens is 450 g/mol. The highest BCUT2D eigenvalue weighted by molar-refractivity contribution is 5.91. The van der Waals surface area contributed by atoms with E-state index in [2.05, 4.69) is 18.7 Å². The van der Waals surface area contributed by atoms with Gasteiger partial charge < -0.3 is 34.8 Å². The monoisotopic (exact) mass is 483 g/mol. The van der Waals surface area contributed by atoms with Gasteiger partial charge in [-0.05, 0) is 38.2 Å². The van der Waals surface area contributed by atoms with E-state index in [1.165, 1.54) is 6.92 Å². The molecule has 0 aromatic heterocycles. The molecule has 0 aliphatic rings. The number of ether oxygens (including phenoxy) is 2. The first-order valence-corrected chi connectivity index (χ1v) is 10.6. The molecule has 11 nitrogen and oxygen atoms in total. The van der Waals surface area contributed by atoms with Crippen molar-refractivity contribution in [1.82, 2.24) is 4.90 Å². The summed E-state index contributed by atoms with van der Waals surface area (Å²) in [5.74, 6) is -3.56. The van der Waals surface area contributed by atoms with Crippen LogP contribution >= 0.6 is 0 Å². The average Bonchev–Trinajstić information content (AvgIpc) is 2.75. The van der Waals surface area contributed by atoms with E-state index in [-0.39, 0.29) is 5.78 Å². The molecule has 0 spiro atoms. The summed E-state index contributed by atoms with van der Waals surface area (Å²) in [6.07, 6.45) is -0.627. The van der Waals surface area contributed by atoms with Crippen LogP contribution in [0.5, 0.6) is 11.5 Å². The van der Waals surface area contributed by atoms with Crippen LogP contribution in [0.2, 0.25) is 0 Å². The number of carbonyl (C=O) groups is 4. The molecule has 0 saturated heterocycles. The largest absolute Gasteiger partial charge is 0.488 e. The minimum atomic E-state index is -2.74. The number of benzene rings is 1. The van der Waals surface area contributed by atoms with E-state index in [0.29, 0.717) is 23.9 Å². The first kappa shape index (κ1) is 30.6. The second-order valence-corrected chi connectivity index (χ2v) is 7.11. The van der Waals surface area contributed by atoms with E-state index in [4.69, 9.17) is 29.9 Å². The number of rotatable bonds is 14. The fourth-order valence-corrected chi connectivity index (χ4v) is 2.64. The molecule has 1 rings (SSSR count). The summed E-state index contributed by atoms with van der Waals surface area (Å²) in [5.41, 5.74) is -2.74. The van der Waals surface area contributed by atoms with Gasteiger partial charge in [-0.25, -0.2) is 4.79 Å². The number of allylic oxidation sites excluding steroid dienone is 2. The van der Waals surface area contributed by atoms with Gasteiger partial charge in [-0.15, -0.1) is 0 Å². The maximum absolute atomic E-state index is 11.4. The zero-order chi connectivity index (χ0) is 26.3. The van der Waals surface area contributed by atoms with Crippen molar-refractivity contribution in [3.05, 3.63) is 36.1 Å². The fourth-order valence-electron chi connectivity index (χ4n) is 2.64. The average molecular weight is 484 g/mol. The molecule has 0 aliphatic carbocycles. The third-order valence-electron chi connectivity index (χ3n) is 4.52. The van der Waals surface area contributed by atoms with Gasteiger partial charge in [0.25, 0.3) is 0 Å². The van der Waals surface area contributed by atoms with Crippen LogP contribution in [0.1, 0.15) is 40.5 Å². The number of carboxylic acid groups (broad SMARTS) is 3. The Hall–Kier alpha value is -3.44. The van der Waals surface area contributed by atoms with E-state index < -0.39 is 36.4 Å². The Bertz CT molecular complexity index is 845. The Morgan fingerprint density at radius 3 is 1.85 bits per heavy atom. The lowest BCUT2D eigenvalue weighted by Crippen LogP contribution is -2.42. The molecule has 4 N–H and O–H groups in total. The number of para-hydroxylation sites is 2. The van der Waals surface area contributed by atoms with Gasteiger partial charge in [-0.2, -0.15) is 0 Å². The number of carboxylic acids is 3. The van der Waals surface area contributed by atoms with E-state index >= 15 is 0 Å². The summed E-state index contributed by atoms with van der Waals surface area (Å²) in [6, 6.07) is 7.41. The molecular formula is C23H33NO10. The molecule has 190 valence electrons. The Morgan fingerprint density at radius 2 is 1.47 bits per heavy atom. The highest BCUT2D eigenvalue weighted by Gasteiger charge is 2.40. The molecule has 0 bridgehead atoms. The van der Waals surface area contributed by atoms with Crippen LogP contribution in [0.15, 0.2) is 36.1 Å². The van der Waals surface area contributed by atoms with Crippen LogP contribution in [0, 0.1) is 0 Å². The molecule has 0 heterocycles. The van der Waals surface area contributed by atoms with Crippen molar-refractivity contribution in [3.63, 3.8) is 0 Å². The summed E-state index contributed by atoms with van der Waals surface area (Å²) in [4.78, 5) is 44.2. The third-order valence-corrected chi connectivity index (χ3v) is 4.52. The number of hydrogen-bond acceptors (Lipinski definition) is 8. The Labute approximate surface area is 198 Å². The predicted molar refractivity (Wildman–Crippen MR) is 122 cm³/mol. The van der Waals surface area contributed by atoms with Gasteiger partial charge in [0.2, 0.25) is 0 Å². The number of likely N-dealkylation sites (N-methyl/N-ethyl adjacent to an activating group) is 1. The zero-order valence-electron chi connectivity index (χ0n) is 19.8. The van der Waals surface area contributed by atoms with Gasteiger partial charge in [0.1, 0.15) is 6.61 Å². The highest BCUT2D eigenvalue weighted by atomic mass is 16.5. The van der Waals surface area contributed by atoms with Crippen molar-refractivity contribution in [2.75, 3.05) is 26.2 Å². The minimum Gasteiger partial charge on any atom is -0.488 e. The minimum absolute atomic E-state index is 0.101. The van der Waals surface area contributed by atoms with Crippen LogP contribution in [0.3, 0.4) is 0 Å². The molecule has 0 radical (unpaired) electrons. The van der Waals surface area contributed by atoms with Crippen LogP contribution in [0.4, 0.5) is 0 Å². The topological polar surface area (TPSA) is 171 Å². The van der Waals surface area contributed by atoms with Crippen LogP contribution in [-0.2, 0) is 19.2 Å². The third kappa shape index (κ3) is 11.4. The van der Waals surface area contributed by atoms with E-state index in [0.717, 1.165) is 19.6 Å². The summed E-state index contributed by atoms with van der Waals surface area (Å²) >= 11 is 0. The molecule has 34 heavy (non-hydrogen) atoms. The summed E-state index contributed by atoms with van der Waals surface area (Å²) in [7, 11) is 0. The number of aliphatic hydroxyl groups is 1. The first-order valence-electron chi connectivity index (χ1n) is 10.6. The van der Waals surface area contributed by atoms with Crippen molar-refractivity contribution in [2.45, 2.75) is 46.1 Å². The van der Waals surface area contributed by atoms with Crippen molar-refractivity contribution in [2.24, 2.45) is 0 Å². The molecule has 1 aromatic rings. The Morgan fingerprint density at radius 1 is 0.971 bits per heavy atom. The summed E-state index contributed by atoms with van der Waals surface area (Å²) in [6.45, 7) is 11.0. The molecule has 0 unspecified atom stereocenters. The summed E-state index contributed by atoms with van der Waals surface area (Å²) in [5, 5.41) is 33.8. The van der Waals surface area contributed by atoms with Gasteiger partial charge >= 0.3 is 17.9 Å². The Kier molecular flexibility index (Phi) is 13.8. The first-order chi connectivity index (χ1) is 15.9. The van der Waals surface area contributed by atoms with Crippen molar-refractivity contribution in [3.8, 4) is 11.5 Å². The number of hydrogen-bond donors (Lipinski definition) is 4. The molecule has 0 atom stereocenters. The molecule has 0 saturated carbocycles. The Balaban J connectivity index is 0.000000722. The van der Waals surface area contributed by atoms with Gasteiger partial charge in [0, 0.05) is 13.5 Å². The maximum atomic E-state index is 11.4. The lowest BCUT2D eigenvalue weighted by molar-refractivity contribution is -0.170.